The largest absolute Gasteiger partial charge is 1.00 e. The number of anilines is 1. The Bertz CT molecular complexity index is 1700. The molecule has 190 valence electrons. The second kappa shape index (κ2) is 12.0. The van der Waals surface area contributed by atoms with E-state index in [-0.39, 0.29) is 67.0 Å². The minimum Gasteiger partial charge on any atom is -0.870 e. The van der Waals surface area contributed by atoms with Gasteiger partial charge in [-0.2, -0.15) is 13.5 Å². The third kappa shape index (κ3) is 6.13. The van der Waals surface area contributed by atoms with E-state index >= 15 is 0 Å². The minimum absolute atomic E-state index is 0. The molecule has 1 amide bonds. The van der Waals surface area contributed by atoms with Crippen LogP contribution < -0.4 is 44.7 Å². The molecule has 0 aliphatic carbocycles. The fourth-order valence-electron chi connectivity index (χ4n) is 3.63. The van der Waals surface area contributed by atoms with Gasteiger partial charge in [0.05, 0.1) is 27.7 Å². The smallest absolute Gasteiger partial charge is 0.870 e. The molecule has 0 aliphatic heterocycles. The molecule has 0 unspecified atom stereocenters. The monoisotopic (exact) mass is 581 g/mol. The Morgan fingerprint density at radius 1 is 1.05 bits per heavy atom. The summed E-state index contributed by atoms with van der Waals surface area (Å²) < 4.78 is 37.5. The van der Waals surface area contributed by atoms with Crippen molar-refractivity contribution in [1.29, 1.82) is 0 Å². The maximum Gasteiger partial charge on any atom is 1.00 e. The Balaban J connectivity index is 0.00000400. The van der Waals surface area contributed by atoms with Gasteiger partial charge in [0.1, 0.15) is 11.4 Å². The second-order valence-electron chi connectivity index (χ2n) is 7.82. The van der Waals surface area contributed by atoms with Gasteiger partial charge in [0.25, 0.3) is 16.0 Å². The molecule has 0 aromatic heterocycles. The summed E-state index contributed by atoms with van der Waals surface area (Å²) in [6, 6.07) is 15.3. The summed E-state index contributed by atoms with van der Waals surface area (Å²) in [5.41, 5.74) is 0.205. The number of azo groups is 1. The van der Waals surface area contributed by atoms with Crippen molar-refractivity contribution in [2.75, 3.05) is 12.4 Å². The molecule has 0 fully saturated rings. The van der Waals surface area contributed by atoms with Gasteiger partial charge in [0.2, 0.25) is 0 Å². The number of ether oxygens (including phenoxy) is 1. The van der Waals surface area contributed by atoms with Gasteiger partial charge in [-0.15, -0.1) is 5.11 Å². The Hall–Kier alpha value is -2.70. The molecule has 0 saturated heterocycles. The summed E-state index contributed by atoms with van der Waals surface area (Å²) in [5, 5.41) is 25.3. The van der Waals surface area contributed by atoms with Crippen LogP contribution in [-0.2, 0) is 10.1 Å². The van der Waals surface area contributed by atoms with Crippen LogP contribution in [-0.4, -0.2) is 26.0 Å². The van der Waals surface area contributed by atoms with Crippen LogP contribution in [0.1, 0.15) is 15.9 Å². The topological polar surface area (TPSA) is 140 Å². The zero-order valence-electron chi connectivity index (χ0n) is 20.3. The molecule has 0 saturated carbocycles. The molecule has 4 rings (SSSR count). The van der Waals surface area contributed by atoms with E-state index in [0.717, 1.165) is 6.07 Å². The molecule has 38 heavy (non-hydrogen) atoms. The number of nitrogens with zero attached hydrogens (tertiary/aromatic N) is 2. The summed E-state index contributed by atoms with van der Waals surface area (Å²) in [7, 11) is -3.03. The van der Waals surface area contributed by atoms with Gasteiger partial charge in [-0.05, 0) is 54.3 Å². The Kier molecular flexibility index (Phi) is 9.43. The summed E-state index contributed by atoms with van der Waals surface area (Å²) in [5.74, 6) is -0.933. The number of hydrogen-bond acceptors (Lipinski definition) is 7. The maximum atomic E-state index is 13.3. The van der Waals surface area contributed by atoms with Crippen LogP contribution in [0, 0.1) is 6.92 Å². The van der Waals surface area contributed by atoms with Gasteiger partial charge in [0.15, 0.2) is 0 Å². The molecule has 9 nitrogen and oxygen atoms in total. The van der Waals surface area contributed by atoms with Crippen molar-refractivity contribution < 1.29 is 57.2 Å². The fourth-order valence-corrected chi connectivity index (χ4v) is 4.88. The molecule has 0 spiro atoms. The molecule has 13 heteroatoms. The molecule has 0 radical (unpaired) electrons. The summed E-state index contributed by atoms with van der Waals surface area (Å²) in [6.45, 7) is 1.40. The third-order valence-electron chi connectivity index (χ3n) is 5.48. The number of carbonyl (C=O) groups is 1. The average molecular weight is 582 g/mol. The second-order valence-corrected chi connectivity index (χ2v) is 10.00. The summed E-state index contributed by atoms with van der Waals surface area (Å²) in [6.07, 6.45) is 0. The molecule has 0 atom stereocenters. The molecule has 4 aromatic carbocycles. The van der Waals surface area contributed by atoms with Crippen LogP contribution >= 0.6 is 23.2 Å². The molecule has 0 aliphatic rings. The molecule has 0 bridgehead atoms. The third-order valence-corrected chi connectivity index (χ3v) is 7.25. The number of benzene rings is 4. The van der Waals surface area contributed by atoms with Crippen molar-refractivity contribution in [2.24, 2.45) is 10.2 Å². The Morgan fingerprint density at radius 2 is 1.76 bits per heavy atom. The van der Waals surface area contributed by atoms with Crippen LogP contribution in [0.15, 0.2) is 75.8 Å². The van der Waals surface area contributed by atoms with Crippen LogP contribution in [0.2, 0.25) is 10.0 Å². The predicted octanol–water partition coefficient (Wildman–Crippen LogP) is 3.46. The number of nitrogens with one attached hydrogen (secondary N) is 1. The van der Waals surface area contributed by atoms with Gasteiger partial charge in [-0.1, -0.05) is 53.2 Å². The number of carbonyl (C=O) groups excluding carboxylic acids is 1. The van der Waals surface area contributed by atoms with Crippen molar-refractivity contribution in [3.8, 4) is 11.5 Å². The van der Waals surface area contributed by atoms with Gasteiger partial charge < -0.3 is 15.2 Å². The first kappa shape index (κ1) is 29.9. The quantitative estimate of drug-likeness (QED) is 0.203. The van der Waals surface area contributed by atoms with E-state index in [4.69, 9.17) is 27.9 Å². The molecular weight excluding hydrogens is 564 g/mol. The maximum absolute atomic E-state index is 13.3. The van der Waals surface area contributed by atoms with E-state index < -0.39 is 21.8 Å². The van der Waals surface area contributed by atoms with E-state index in [1.165, 1.54) is 32.2 Å². The van der Waals surface area contributed by atoms with E-state index in [9.17, 15) is 22.9 Å². The van der Waals surface area contributed by atoms with Crippen molar-refractivity contribution in [2.45, 2.75) is 11.8 Å². The SMILES string of the molecule is COc1ccc(NC(=O)c2cc3ccccc3c(N=Nc3ccc(S(=O)(=O)O)c(C)c3Cl)c2[O-])cc1Cl.[Na+]. The fraction of sp³-hybridized carbons (Fsp3) is 0.0800. The van der Waals surface area contributed by atoms with E-state index in [2.05, 4.69) is 15.5 Å². The van der Waals surface area contributed by atoms with E-state index in [1.54, 1.807) is 36.4 Å². The number of methoxy groups -OCH3 is 1. The van der Waals surface area contributed by atoms with Gasteiger partial charge in [0, 0.05) is 16.6 Å². The first-order valence-corrected chi connectivity index (χ1v) is 12.8. The van der Waals surface area contributed by atoms with Crippen LogP contribution in [0.3, 0.4) is 0 Å². The molecular formula is C25H18Cl2N3NaO6S. The zero-order valence-corrected chi connectivity index (χ0v) is 24.6. The Labute approximate surface area is 250 Å². The zero-order chi connectivity index (χ0) is 26.9. The molecule has 0 heterocycles. The van der Waals surface area contributed by atoms with Crippen LogP contribution in [0.25, 0.3) is 10.8 Å². The average Bonchev–Trinajstić information content (AvgIpc) is 2.84. The summed E-state index contributed by atoms with van der Waals surface area (Å²) in [4.78, 5) is 12.7. The Morgan fingerprint density at radius 3 is 2.42 bits per heavy atom. The van der Waals surface area contributed by atoms with E-state index in [1.807, 2.05) is 0 Å². The number of fused-ring (bicyclic) bond motifs is 1. The van der Waals surface area contributed by atoms with Crippen molar-refractivity contribution in [3.63, 3.8) is 0 Å². The van der Waals surface area contributed by atoms with Crippen molar-refractivity contribution >= 4 is 67.1 Å². The number of hydrogen-bond donors (Lipinski definition) is 2. The van der Waals surface area contributed by atoms with Crippen LogP contribution in [0.5, 0.6) is 11.5 Å². The number of halogens is 2. The van der Waals surface area contributed by atoms with Crippen LogP contribution in [0.4, 0.5) is 17.1 Å². The van der Waals surface area contributed by atoms with Crippen molar-refractivity contribution in [1.82, 2.24) is 0 Å². The van der Waals surface area contributed by atoms with Gasteiger partial charge >= 0.3 is 29.6 Å². The number of amides is 1. The molecule has 2 N–H and O–H groups in total. The van der Waals surface area contributed by atoms with Gasteiger partial charge in [-0.3, -0.25) is 9.35 Å². The minimum atomic E-state index is -4.49. The standard InChI is InChI=1S/C25H19Cl2N3O6S.Na/c1-13-21(37(33,34)35)10-8-19(22(13)27)29-30-23-16-6-4-3-5-14(16)11-17(24(23)31)25(32)28-15-7-9-20(36-2)18(26)12-15;/h3-12,31H,1-2H3,(H,28,32)(H,33,34,35);/q;+1/p-1. The molecule has 4 aromatic rings. The van der Waals surface area contributed by atoms with Crippen molar-refractivity contribution in [3.05, 3.63) is 81.8 Å². The first-order chi connectivity index (χ1) is 17.5. The number of rotatable bonds is 6. The predicted molar refractivity (Wildman–Crippen MR) is 140 cm³/mol. The van der Waals surface area contributed by atoms with Gasteiger partial charge in [-0.25, -0.2) is 0 Å². The normalized spacial score (nSPS) is 11.4. The summed E-state index contributed by atoms with van der Waals surface area (Å²) >= 11 is 12.4. The first-order valence-electron chi connectivity index (χ1n) is 10.6. The van der Waals surface area contributed by atoms with E-state index in [0.29, 0.717) is 22.2 Å².